The lowest BCUT2D eigenvalue weighted by Gasteiger charge is -2.10. The van der Waals surface area contributed by atoms with Gasteiger partial charge in [-0.2, -0.15) is 0 Å². The van der Waals surface area contributed by atoms with Gasteiger partial charge in [0.25, 0.3) is 5.91 Å². The van der Waals surface area contributed by atoms with Crippen molar-refractivity contribution in [3.63, 3.8) is 0 Å². The van der Waals surface area contributed by atoms with Gasteiger partial charge in [-0.15, -0.1) is 0 Å². The number of nitrogens with one attached hydrogen (secondary N) is 1. The van der Waals surface area contributed by atoms with Gasteiger partial charge in [-0.1, -0.05) is 30.0 Å². The second-order valence-electron chi connectivity index (χ2n) is 5.38. The summed E-state index contributed by atoms with van der Waals surface area (Å²) in [5, 5.41) is 2.56. The molecule has 2 aromatic carbocycles. The largest absolute Gasteiger partial charge is 0.497 e. The van der Waals surface area contributed by atoms with Gasteiger partial charge in [0, 0.05) is 0 Å². The standard InChI is InChI=1S/C19H15NO5S2/c1-23-13-6-4-12(5-7-13)18(22)25-14-8-3-11(9-15(14)24-2)10-16-17(21)20-19(26)27-16/h3-10H,1-2H3,(H,20,21,26)/b16-10-. The number of ether oxygens (including phenoxy) is 3. The van der Waals surface area contributed by atoms with Crippen molar-refractivity contribution >= 4 is 46.3 Å². The van der Waals surface area contributed by atoms with E-state index in [0.29, 0.717) is 26.3 Å². The molecule has 0 aromatic heterocycles. The van der Waals surface area contributed by atoms with E-state index in [1.807, 2.05) is 0 Å². The molecule has 1 amide bonds. The van der Waals surface area contributed by atoms with Gasteiger partial charge < -0.3 is 19.5 Å². The van der Waals surface area contributed by atoms with E-state index < -0.39 is 5.97 Å². The molecular weight excluding hydrogens is 386 g/mol. The molecule has 8 heteroatoms. The highest BCUT2D eigenvalue weighted by Gasteiger charge is 2.22. The Hall–Kier alpha value is -2.84. The van der Waals surface area contributed by atoms with Gasteiger partial charge in [0.1, 0.15) is 10.1 Å². The van der Waals surface area contributed by atoms with Crippen LogP contribution in [0.25, 0.3) is 6.08 Å². The average Bonchev–Trinajstić information content (AvgIpc) is 2.99. The number of thioether (sulfide) groups is 1. The number of esters is 1. The summed E-state index contributed by atoms with van der Waals surface area (Å²) in [6.07, 6.45) is 1.69. The van der Waals surface area contributed by atoms with E-state index in [0.717, 1.165) is 5.56 Å². The van der Waals surface area contributed by atoms with Gasteiger partial charge in [-0.05, 0) is 48.0 Å². The van der Waals surface area contributed by atoms with Crippen molar-refractivity contribution in [2.24, 2.45) is 0 Å². The molecule has 27 heavy (non-hydrogen) atoms. The maximum absolute atomic E-state index is 12.3. The Labute approximate surface area is 165 Å². The number of amides is 1. The molecule has 0 bridgehead atoms. The summed E-state index contributed by atoms with van der Waals surface area (Å²) in [4.78, 5) is 24.6. The molecule has 1 saturated heterocycles. The van der Waals surface area contributed by atoms with Crippen LogP contribution in [0.2, 0.25) is 0 Å². The summed E-state index contributed by atoms with van der Waals surface area (Å²) in [5.74, 6) is 0.545. The molecule has 2 aromatic rings. The number of rotatable bonds is 5. The Balaban J connectivity index is 1.80. The zero-order valence-electron chi connectivity index (χ0n) is 14.5. The zero-order chi connectivity index (χ0) is 19.4. The molecular formula is C19H15NO5S2. The summed E-state index contributed by atoms with van der Waals surface area (Å²) in [7, 11) is 3.03. The van der Waals surface area contributed by atoms with Gasteiger partial charge in [-0.25, -0.2) is 4.79 Å². The van der Waals surface area contributed by atoms with Crippen molar-refractivity contribution in [3.8, 4) is 17.2 Å². The Morgan fingerprint density at radius 1 is 1.07 bits per heavy atom. The van der Waals surface area contributed by atoms with Gasteiger partial charge in [-0.3, -0.25) is 4.79 Å². The Morgan fingerprint density at radius 3 is 2.41 bits per heavy atom. The van der Waals surface area contributed by atoms with E-state index in [1.165, 1.54) is 18.9 Å². The summed E-state index contributed by atoms with van der Waals surface area (Å²) in [6, 6.07) is 11.6. The van der Waals surface area contributed by atoms with Crippen LogP contribution < -0.4 is 19.5 Å². The van der Waals surface area contributed by atoms with Crippen LogP contribution in [0.1, 0.15) is 15.9 Å². The van der Waals surface area contributed by atoms with Crippen molar-refractivity contribution in [3.05, 3.63) is 58.5 Å². The van der Waals surface area contributed by atoms with E-state index in [1.54, 1.807) is 55.7 Å². The van der Waals surface area contributed by atoms with Crippen LogP contribution in [0, 0.1) is 0 Å². The maximum Gasteiger partial charge on any atom is 0.343 e. The first kappa shape index (κ1) is 18.9. The monoisotopic (exact) mass is 401 g/mol. The van der Waals surface area contributed by atoms with Crippen molar-refractivity contribution in [1.82, 2.24) is 5.32 Å². The van der Waals surface area contributed by atoms with Crippen LogP contribution in [0.4, 0.5) is 0 Å². The lowest BCUT2D eigenvalue weighted by Crippen LogP contribution is -2.17. The first-order chi connectivity index (χ1) is 13.0. The molecule has 0 spiro atoms. The second kappa shape index (κ2) is 8.24. The molecule has 0 radical (unpaired) electrons. The second-order valence-corrected chi connectivity index (χ2v) is 7.10. The fourth-order valence-electron chi connectivity index (χ4n) is 2.32. The minimum Gasteiger partial charge on any atom is -0.497 e. The summed E-state index contributed by atoms with van der Waals surface area (Å²) in [6.45, 7) is 0. The van der Waals surface area contributed by atoms with Crippen molar-refractivity contribution in [1.29, 1.82) is 0 Å². The maximum atomic E-state index is 12.3. The van der Waals surface area contributed by atoms with Crippen LogP contribution in [0.15, 0.2) is 47.4 Å². The fourth-order valence-corrected chi connectivity index (χ4v) is 3.36. The molecule has 3 rings (SSSR count). The topological polar surface area (TPSA) is 73.9 Å². The predicted molar refractivity (Wildman–Crippen MR) is 107 cm³/mol. The summed E-state index contributed by atoms with van der Waals surface area (Å²) >= 11 is 6.16. The lowest BCUT2D eigenvalue weighted by molar-refractivity contribution is -0.115. The Morgan fingerprint density at radius 2 is 1.81 bits per heavy atom. The first-order valence-electron chi connectivity index (χ1n) is 7.79. The minimum absolute atomic E-state index is 0.237. The molecule has 138 valence electrons. The zero-order valence-corrected chi connectivity index (χ0v) is 16.1. The SMILES string of the molecule is COc1ccc(C(=O)Oc2ccc(/C=C3\SC(=S)NC3=O)cc2OC)cc1. The van der Waals surface area contributed by atoms with Gasteiger partial charge >= 0.3 is 5.97 Å². The normalized spacial score (nSPS) is 14.8. The molecule has 0 saturated carbocycles. The van der Waals surface area contributed by atoms with Crippen LogP contribution in [-0.2, 0) is 4.79 Å². The summed E-state index contributed by atoms with van der Waals surface area (Å²) in [5.41, 5.74) is 1.11. The van der Waals surface area contributed by atoms with Crippen LogP contribution in [-0.4, -0.2) is 30.4 Å². The molecule has 0 aliphatic carbocycles. The number of carbonyl (C=O) groups is 2. The molecule has 1 N–H and O–H groups in total. The first-order valence-corrected chi connectivity index (χ1v) is 9.02. The third kappa shape index (κ3) is 4.47. The molecule has 1 aliphatic heterocycles. The van der Waals surface area contributed by atoms with E-state index in [4.69, 9.17) is 26.4 Å². The number of hydrogen-bond acceptors (Lipinski definition) is 7. The smallest absolute Gasteiger partial charge is 0.343 e. The van der Waals surface area contributed by atoms with Gasteiger partial charge in [0.2, 0.25) is 0 Å². The number of benzene rings is 2. The number of methoxy groups -OCH3 is 2. The molecule has 0 unspecified atom stereocenters. The van der Waals surface area contributed by atoms with Gasteiger partial charge in [0.05, 0.1) is 24.7 Å². The van der Waals surface area contributed by atoms with E-state index >= 15 is 0 Å². The van der Waals surface area contributed by atoms with Crippen molar-refractivity contribution in [2.45, 2.75) is 0 Å². The molecule has 1 fully saturated rings. The van der Waals surface area contributed by atoms with Crippen molar-refractivity contribution in [2.75, 3.05) is 14.2 Å². The van der Waals surface area contributed by atoms with E-state index in [2.05, 4.69) is 5.32 Å². The number of thiocarbonyl (C=S) groups is 1. The van der Waals surface area contributed by atoms with E-state index in [-0.39, 0.29) is 11.7 Å². The van der Waals surface area contributed by atoms with Gasteiger partial charge in [0.15, 0.2) is 11.5 Å². The molecule has 1 aliphatic rings. The van der Waals surface area contributed by atoms with Crippen LogP contribution in [0.3, 0.4) is 0 Å². The van der Waals surface area contributed by atoms with Crippen LogP contribution in [0.5, 0.6) is 17.2 Å². The van der Waals surface area contributed by atoms with Crippen LogP contribution >= 0.6 is 24.0 Å². The third-order valence-electron chi connectivity index (χ3n) is 3.66. The molecule has 6 nitrogen and oxygen atoms in total. The minimum atomic E-state index is -0.516. The third-order valence-corrected chi connectivity index (χ3v) is 4.82. The predicted octanol–water partition coefficient (Wildman–Crippen LogP) is 3.41. The average molecular weight is 401 g/mol. The fraction of sp³-hybridized carbons (Fsp3) is 0.105. The van der Waals surface area contributed by atoms with Crippen molar-refractivity contribution < 1.29 is 23.8 Å². The lowest BCUT2D eigenvalue weighted by atomic mass is 10.1. The Bertz CT molecular complexity index is 938. The Kier molecular flexibility index (Phi) is 5.78. The number of hydrogen-bond donors (Lipinski definition) is 1. The quantitative estimate of drug-likeness (QED) is 0.356. The van der Waals surface area contributed by atoms with E-state index in [9.17, 15) is 9.59 Å². The highest BCUT2D eigenvalue weighted by atomic mass is 32.2. The highest BCUT2D eigenvalue weighted by Crippen LogP contribution is 2.32. The summed E-state index contributed by atoms with van der Waals surface area (Å²) < 4.78 is 16.2. The number of carbonyl (C=O) groups excluding carboxylic acids is 2. The highest BCUT2D eigenvalue weighted by molar-refractivity contribution is 8.26. The molecule has 1 heterocycles. The molecule has 0 atom stereocenters.